The van der Waals surface area contributed by atoms with Gasteiger partial charge in [0.05, 0.1) is 11.7 Å². The van der Waals surface area contributed by atoms with Crippen LogP contribution in [0.1, 0.15) is 54.9 Å². The molecule has 3 heteroatoms. The third kappa shape index (κ3) is 1.63. The van der Waals surface area contributed by atoms with Gasteiger partial charge in [0, 0.05) is 6.54 Å². The number of hydrogen-bond acceptors (Lipinski definition) is 2. The Balaban J connectivity index is 2.11. The number of carbonyl (C=O) groups excluding carboxylic acids is 1. The van der Waals surface area contributed by atoms with Crippen LogP contribution >= 0.6 is 0 Å². The fourth-order valence-electron chi connectivity index (χ4n) is 3.57. The van der Waals surface area contributed by atoms with Gasteiger partial charge >= 0.3 is 0 Å². The first-order chi connectivity index (χ1) is 8.08. The lowest BCUT2D eigenvalue weighted by Crippen LogP contribution is -2.43. The maximum Gasteiger partial charge on any atom is 0.243 e. The highest BCUT2D eigenvalue weighted by Gasteiger charge is 2.65. The maximum absolute atomic E-state index is 12.5. The van der Waals surface area contributed by atoms with E-state index >= 15 is 0 Å². The zero-order valence-electron chi connectivity index (χ0n) is 12.9. The molecule has 2 aliphatic rings. The molecular formula is C15H28N2O. The van der Waals surface area contributed by atoms with Gasteiger partial charge in [0.1, 0.15) is 0 Å². The van der Waals surface area contributed by atoms with Crippen molar-refractivity contribution in [3.63, 3.8) is 0 Å². The first-order valence-electron chi connectivity index (χ1n) is 7.16. The summed E-state index contributed by atoms with van der Waals surface area (Å²) in [4.78, 5) is 14.6. The Bertz CT molecular complexity index is 361. The zero-order chi connectivity index (χ0) is 13.9. The third-order valence-electron chi connectivity index (χ3n) is 6.13. The van der Waals surface area contributed by atoms with Crippen molar-refractivity contribution >= 4 is 5.91 Å². The van der Waals surface area contributed by atoms with E-state index in [0.717, 1.165) is 13.0 Å². The fraction of sp³-hybridized carbons (Fsp3) is 0.933. The van der Waals surface area contributed by atoms with Crippen LogP contribution in [0.25, 0.3) is 0 Å². The van der Waals surface area contributed by atoms with Crippen molar-refractivity contribution in [3.05, 3.63) is 0 Å². The molecule has 0 spiro atoms. The van der Waals surface area contributed by atoms with Crippen molar-refractivity contribution in [1.29, 1.82) is 0 Å². The van der Waals surface area contributed by atoms with Crippen LogP contribution in [0.5, 0.6) is 0 Å². The molecule has 1 saturated carbocycles. The molecule has 18 heavy (non-hydrogen) atoms. The molecule has 3 nitrogen and oxygen atoms in total. The second-order valence-electron chi connectivity index (χ2n) is 7.46. The van der Waals surface area contributed by atoms with E-state index in [1.165, 1.54) is 0 Å². The lowest BCUT2D eigenvalue weighted by Gasteiger charge is -2.22. The minimum absolute atomic E-state index is 0.162. The summed E-state index contributed by atoms with van der Waals surface area (Å²) >= 11 is 0. The van der Waals surface area contributed by atoms with E-state index in [2.05, 4.69) is 46.9 Å². The average molecular weight is 252 g/mol. The molecule has 0 aromatic rings. The standard InChI is InChI=1S/C15H28N2O/c1-8-15(7)12(18)17(10(2)16-15)9-11-13(3,4)14(11,5)6/h10-11,16H,8-9H2,1-7H3. The van der Waals surface area contributed by atoms with Gasteiger partial charge < -0.3 is 4.90 Å². The van der Waals surface area contributed by atoms with Crippen LogP contribution in [0.4, 0.5) is 0 Å². The normalized spacial score (nSPS) is 38.3. The Morgan fingerprint density at radius 1 is 1.17 bits per heavy atom. The monoisotopic (exact) mass is 252 g/mol. The van der Waals surface area contributed by atoms with Gasteiger partial charge in [-0.3, -0.25) is 10.1 Å². The molecule has 0 aromatic carbocycles. The van der Waals surface area contributed by atoms with Gasteiger partial charge in [0.2, 0.25) is 5.91 Å². The van der Waals surface area contributed by atoms with Gasteiger partial charge in [-0.2, -0.15) is 0 Å². The minimum atomic E-state index is -0.359. The van der Waals surface area contributed by atoms with E-state index in [1.807, 2.05) is 11.8 Å². The minimum Gasteiger partial charge on any atom is -0.326 e. The molecule has 2 atom stereocenters. The molecular weight excluding hydrogens is 224 g/mol. The van der Waals surface area contributed by atoms with E-state index < -0.39 is 0 Å². The highest BCUT2D eigenvalue weighted by atomic mass is 16.2. The number of rotatable bonds is 3. The topological polar surface area (TPSA) is 32.3 Å². The second kappa shape index (κ2) is 3.72. The molecule has 104 valence electrons. The molecule has 2 unspecified atom stereocenters. The van der Waals surface area contributed by atoms with Crippen LogP contribution in [0.3, 0.4) is 0 Å². The summed E-state index contributed by atoms with van der Waals surface area (Å²) in [5.41, 5.74) is 0.332. The Hall–Kier alpha value is -0.570. The Morgan fingerprint density at radius 3 is 2.00 bits per heavy atom. The van der Waals surface area contributed by atoms with Crippen molar-refractivity contribution in [1.82, 2.24) is 10.2 Å². The molecule has 1 N–H and O–H groups in total. The summed E-state index contributed by atoms with van der Waals surface area (Å²) in [7, 11) is 0. The molecule has 1 amide bonds. The first kappa shape index (κ1) is 13.9. The molecule has 2 fully saturated rings. The third-order valence-corrected chi connectivity index (χ3v) is 6.13. The summed E-state index contributed by atoms with van der Waals surface area (Å²) in [6, 6.07) is 0. The Labute approximate surface area is 111 Å². The van der Waals surface area contributed by atoms with Crippen LogP contribution < -0.4 is 5.32 Å². The smallest absolute Gasteiger partial charge is 0.243 e. The van der Waals surface area contributed by atoms with Crippen molar-refractivity contribution < 1.29 is 4.79 Å². The largest absolute Gasteiger partial charge is 0.326 e. The van der Waals surface area contributed by atoms with Gasteiger partial charge in [-0.25, -0.2) is 0 Å². The lowest BCUT2D eigenvalue weighted by atomic mass is 9.99. The van der Waals surface area contributed by atoms with Crippen LogP contribution in [0.2, 0.25) is 0 Å². The first-order valence-corrected chi connectivity index (χ1v) is 7.16. The summed E-state index contributed by atoms with van der Waals surface area (Å²) in [6.45, 7) is 16.3. The van der Waals surface area contributed by atoms with Crippen molar-refractivity contribution in [2.45, 2.75) is 66.6 Å². The number of carbonyl (C=O) groups is 1. The van der Waals surface area contributed by atoms with Gasteiger partial charge in [0.25, 0.3) is 0 Å². The number of nitrogens with zero attached hydrogens (tertiary/aromatic N) is 1. The van der Waals surface area contributed by atoms with E-state index in [-0.39, 0.29) is 17.6 Å². The van der Waals surface area contributed by atoms with E-state index in [4.69, 9.17) is 0 Å². The van der Waals surface area contributed by atoms with E-state index in [0.29, 0.717) is 16.7 Å². The van der Waals surface area contributed by atoms with Crippen LogP contribution in [-0.2, 0) is 4.79 Å². The quantitative estimate of drug-likeness (QED) is 0.837. The summed E-state index contributed by atoms with van der Waals surface area (Å²) in [5.74, 6) is 0.883. The van der Waals surface area contributed by atoms with Crippen LogP contribution in [-0.4, -0.2) is 29.1 Å². The number of nitrogens with one attached hydrogen (secondary N) is 1. The van der Waals surface area contributed by atoms with E-state index in [1.54, 1.807) is 0 Å². The predicted octanol–water partition coefficient (Wildman–Crippen LogP) is 2.62. The number of hydrogen-bond donors (Lipinski definition) is 1. The molecule has 0 radical (unpaired) electrons. The SMILES string of the molecule is CCC1(C)NC(C)N(CC2C(C)(C)C2(C)C)C1=O. The van der Waals surface area contributed by atoms with Gasteiger partial charge in [-0.1, -0.05) is 34.6 Å². The zero-order valence-corrected chi connectivity index (χ0v) is 12.9. The molecule has 1 aliphatic heterocycles. The van der Waals surface area contributed by atoms with Crippen LogP contribution in [0.15, 0.2) is 0 Å². The summed E-state index contributed by atoms with van der Waals surface area (Å²) in [5, 5.41) is 3.44. The molecule has 0 bridgehead atoms. The van der Waals surface area contributed by atoms with Crippen molar-refractivity contribution in [3.8, 4) is 0 Å². The molecule has 1 aliphatic carbocycles. The van der Waals surface area contributed by atoms with Gasteiger partial charge in [-0.15, -0.1) is 0 Å². The van der Waals surface area contributed by atoms with Crippen molar-refractivity contribution in [2.24, 2.45) is 16.7 Å². The second-order valence-corrected chi connectivity index (χ2v) is 7.46. The highest BCUT2D eigenvalue weighted by molar-refractivity contribution is 5.88. The average Bonchev–Trinajstić information content (AvgIpc) is 2.52. The Kier molecular flexibility index (Phi) is 2.86. The molecule has 0 aromatic heterocycles. The highest BCUT2D eigenvalue weighted by Crippen LogP contribution is 2.68. The Morgan fingerprint density at radius 2 is 1.67 bits per heavy atom. The van der Waals surface area contributed by atoms with Gasteiger partial charge in [0.15, 0.2) is 0 Å². The predicted molar refractivity (Wildman–Crippen MR) is 74.1 cm³/mol. The van der Waals surface area contributed by atoms with E-state index in [9.17, 15) is 4.79 Å². The number of amides is 1. The van der Waals surface area contributed by atoms with Crippen LogP contribution in [0, 0.1) is 16.7 Å². The summed E-state index contributed by atoms with van der Waals surface area (Å²) in [6.07, 6.45) is 1.01. The fourth-order valence-corrected chi connectivity index (χ4v) is 3.57. The maximum atomic E-state index is 12.5. The molecule has 1 saturated heterocycles. The molecule has 1 heterocycles. The summed E-state index contributed by atoms with van der Waals surface area (Å²) < 4.78 is 0. The molecule has 2 rings (SSSR count). The van der Waals surface area contributed by atoms with Gasteiger partial charge in [-0.05, 0) is 37.0 Å². The van der Waals surface area contributed by atoms with Crippen molar-refractivity contribution in [2.75, 3.05) is 6.54 Å². The lowest BCUT2D eigenvalue weighted by molar-refractivity contribution is -0.133.